The number of hydrogen-bond donors (Lipinski definition) is 0. The number of hydrogen-bond acceptors (Lipinski definition) is 3. The zero-order chi connectivity index (χ0) is 11.8. The molecule has 0 saturated heterocycles. The fourth-order valence-electron chi connectivity index (χ4n) is 1.04. The third-order valence-corrected chi connectivity index (χ3v) is 3.70. The molecule has 1 aromatic rings. The predicted molar refractivity (Wildman–Crippen MR) is 59.7 cm³/mol. The van der Waals surface area contributed by atoms with Gasteiger partial charge < -0.3 is 0 Å². The van der Waals surface area contributed by atoms with Crippen LogP contribution in [0.25, 0.3) is 0 Å². The third kappa shape index (κ3) is 2.97. The van der Waals surface area contributed by atoms with E-state index in [1.54, 1.807) is 22.6 Å². The molecular weight excluding hydrogens is 363 g/mol. The lowest BCUT2D eigenvalue weighted by Crippen LogP contribution is -2.04. The molecule has 0 atom stereocenters. The Morgan fingerprint density at radius 2 is 2.07 bits per heavy atom. The molecule has 0 bridgehead atoms. The van der Waals surface area contributed by atoms with Crippen molar-refractivity contribution < 1.29 is 17.2 Å². The van der Waals surface area contributed by atoms with E-state index >= 15 is 0 Å². The number of pyridine rings is 1. The van der Waals surface area contributed by atoms with Crippen molar-refractivity contribution in [1.82, 2.24) is 4.98 Å². The first kappa shape index (κ1) is 13.0. The highest BCUT2D eigenvalue weighted by Gasteiger charge is 2.22. The highest BCUT2D eigenvalue weighted by molar-refractivity contribution is 14.1. The van der Waals surface area contributed by atoms with Crippen LogP contribution in [-0.2, 0) is 9.05 Å². The van der Waals surface area contributed by atoms with Crippen LogP contribution in [0, 0.1) is 10.6 Å². The molecule has 0 aliphatic carbocycles. The van der Waals surface area contributed by atoms with Crippen LogP contribution in [0.15, 0.2) is 11.0 Å². The molecule has 84 valence electrons. The van der Waals surface area contributed by atoms with Crippen LogP contribution in [0.1, 0.15) is 17.7 Å². The van der Waals surface area contributed by atoms with Gasteiger partial charge in [-0.2, -0.15) is 0 Å². The predicted octanol–water partition coefficient (Wildman–Crippen LogP) is 2.86. The minimum atomic E-state index is -4.02. The monoisotopic (exact) mass is 367 g/mol. The van der Waals surface area contributed by atoms with Gasteiger partial charge in [0, 0.05) is 10.7 Å². The molecule has 15 heavy (non-hydrogen) atoms. The van der Waals surface area contributed by atoms with Gasteiger partial charge in [-0.1, -0.05) is 0 Å². The Kier molecular flexibility index (Phi) is 3.88. The minimum absolute atomic E-state index is 0.111. The largest absolute Gasteiger partial charge is 0.280 e. The number of aromatic nitrogens is 1. The highest BCUT2D eigenvalue weighted by atomic mass is 127. The Labute approximate surface area is 103 Å². The molecule has 0 radical (unpaired) electrons. The van der Waals surface area contributed by atoms with Gasteiger partial charge in [0.2, 0.25) is 0 Å². The summed E-state index contributed by atoms with van der Waals surface area (Å²) < 4.78 is 47.2. The van der Waals surface area contributed by atoms with Crippen molar-refractivity contribution >= 4 is 42.3 Å². The molecule has 0 N–H and O–H groups in total. The highest BCUT2D eigenvalue weighted by Crippen LogP contribution is 2.28. The van der Waals surface area contributed by atoms with Gasteiger partial charge in [-0.05, 0) is 41.1 Å². The molecule has 1 heterocycles. The summed E-state index contributed by atoms with van der Waals surface area (Å²) in [5, 5.41) is 0. The number of rotatable bonds is 2. The van der Waals surface area contributed by atoms with E-state index in [1.807, 2.05) is 0 Å². The van der Waals surface area contributed by atoms with Crippen molar-refractivity contribution in [2.75, 3.05) is 0 Å². The molecule has 3 nitrogen and oxygen atoms in total. The van der Waals surface area contributed by atoms with Crippen LogP contribution in [-0.4, -0.2) is 13.4 Å². The summed E-state index contributed by atoms with van der Waals surface area (Å²) in [5.41, 5.74) is -0.665. The van der Waals surface area contributed by atoms with Crippen molar-refractivity contribution in [2.24, 2.45) is 0 Å². The first-order chi connectivity index (χ1) is 6.73. The average molecular weight is 368 g/mol. The number of halogens is 4. The lowest BCUT2D eigenvalue weighted by molar-refractivity contribution is 0.144. The van der Waals surface area contributed by atoms with Gasteiger partial charge >= 0.3 is 0 Å². The van der Waals surface area contributed by atoms with E-state index in [1.165, 1.54) is 6.92 Å². The second kappa shape index (κ2) is 4.46. The normalized spacial score (nSPS) is 12.1. The van der Waals surface area contributed by atoms with Crippen molar-refractivity contribution in [3.63, 3.8) is 0 Å². The van der Waals surface area contributed by atoms with Crippen LogP contribution >= 0.6 is 33.3 Å². The smallest absolute Gasteiger partial charge is 0.241 e. The van der Waals surface area contributed by atoms with Crippen LogP contribution < -0.4 is 0 Å². The fourth-order valence-corrected chi connectivity index (χ4v) is 3.03. The van der Waals surface area contributed by atoms with E-state index in [0.29, 0.717) is 0 Å². The third-order valence-electron chi connectivity index (χ3n) is 1.70. The first-order valence-corrected chi connectivity index (χ1v) is 7.02. The second-order valence-corrected chi connectivity index (χ2v) is 6.33. The van der Waals surface area contributed by atoms with Gasteiger partial charge in [0.05, 0.1) is 4.90 Å². The lowest BCUT2D eigenvalue weighted by Gasteiger charge is -2.08. The fraction of sp³-hybridized carbons (Fsp3) is 0.286. The molecule has 0 saturated carbocycles. The van der Waals surface area contributed by atoms with Crippen molar-refractivity contribution in [3.8, 4) is 0 Å². The lowest BCUT2D eigenvalue weighted by atomic mass is 10.2. The van der Waals surface area contributed by atoms with Gasteiger partial charge in [0.15, 0.2) is 0 Å². The molecule has 0 unspecified atom stereocenters. The summed E-state index contributed by atoms with van der Waals surface area (Å²) in [7, 11) is 1.09. The molecule has 1 rings (SSSR count). The summed E-state index contributed by atoms with van der Waals surface area (Å²) in [4.78, 5) is 3.24. The van der Waals surface area contributed by atoms with E-state index in [2.05, 4.69) is 4.98 Å². The average Bonchev–Trinajstić information content (AvgIpc) is 2.06. The number of nitrogens with zero attached hydrogens (tertiary/aromatic N) is 1. The van der Waals surface area contributed by atoms with Crippen molar-refractivity contribution in [1.29, 1.82) is 0 Å². The maximum absolute atomic E-state index is 12.5. The van der Waals surface area contributed by atoms with E-state index in [4.69, 9.17) is 10.7 Å². The first-order valence-electron chi connectivity index (χ1n) is 3.63. The van der Waals surface area contributed by atoms with E-state index < -0.39 is 21.2 Å². The Morgan fingerprint density at radius 1 is 1.53 bits per heavy atom. The van der Waals surface area contributed by atoms with E-state index in [0.717, 1.165) is 6.07 Å². The molecule has 0 fully saturated rings. The van der Waals surface area contributed by atoms with Gasteiger partial charge in [0.25, 0.3) is 15.5 Å². The quantitative estimate of drug-likeness (QED) is 0.459. The maximum atomic E-state index is 12.5. The van der Waals surface area contributed by atoms with Crippen molar-refractivity contribution in [3.05, 3.63) is 21.0 Å². The molecule has 1 aromatic heterocycles. The summed E-state index contributed by atoms with van der Waals surface area (Å²) in [6.07, 6.45) is -2.82. The number of alkyl halides is 2. The Balaban J connectivity index is 3.56. The zero-order valence-corrected chi connectivity index (χ0v) is 11.1. The van der Waals surface area contributed by atoms with Crippen LogP contribution in [0.2, 0.25) is 0 Å². The maximum Gasteiger partial charge on any atom is 0.280 e. The van der Waals surface area contributed by atoms with Crippen LogP contribution in [0.3, 0.4) is 0 Å². The molecule has 0 spiro atoms. The standard InChI is InChI=1S/C7H5ClF2INO2S/c1-3-4(15(8,13)14)2-5(11)12-6(3)7(9)10/h2,7H,1H3. The Hall–Kier alpha value is -0.0200. The van der Waals surface area contributed by atoms with Gasteiger partial charge in [-0.15, -0.1) is 0 Å². The topological polar surface area (TPSA) is 47.0 Å². The van der Waals surface area contributed by atoms with E-state index in [9.17, 15) is 17.2 Å². The van der Waals surface area contributed by atoms with Crippen LogP contribution in [0.4, 0.5) is 8.78 Å². The summed E-state index contributed by atoms with van der Waals surface area (Å²) in [5.74, 6) is 0. The summed E-state index contributed by atoms with van der Waals surface area (Å²) in [6.45, 7) is 1.25. The molecule has 0 aromatic carbocycles. The van der Waals surface area contributed by atoms with Gasteiger partial charge in [0.1, 0.15) is 9.39 Å². The summed E-state index contributed by atoms with van der Waals surface area (Å²) in [6, 6.07) is 1.16. The van der Waals surface area contributed by atoms with Gasteiger partial charge in [-0.25, -0.2) is 22.2 Å². The van der Waals surface area contributed by atoms with Crippen LogP contribution in [0.5, 0.6) is 0 Å². The minimum Gasteiger partial charge on any atom is -0.241 e. The van der Waals surface area contributed by atoms with Gasteiger partial charge in [-0.3, -0.25) is 0 Å². The SMILES string of the molecule is Cc1c(S(=O)(=O)Cl)cc(I)nc1C(F)F. The summed E-state index contributed by atoms with van der Waals surface area (Å²) >= 11 is 1.65. The molecule has 0 aliphatic heterocycles. The molecule has 0 aliphatic rings. The molecule has 8 heteroatoms. The zero-order valence-electron chi connectivity index (χ0n) is 7.34. The molecule has 0 amide bonds. The Morgan fingerprint density at radius 3 is 2.47 bits per heavy atom. The van der Waals surface area contributed by atoms with E-state index in [-0.39, 0.29) is 14.2 Å². The van der Waals surface area contributed by atoms with Crippen molar-refractivity contribution in [2.45, 2.75) is 18.2 Å². The molecular formula is C7H5ClF2INO2S. The Bertz CT molecular complexity index is 492. The second-order valence-electron chi connectivity index (χ2n) is 2.69.